The number of hydrogen-bond acceptors (Lipinski definition) is 3. The summed E-state index contributed by atoms with van der Waals surface area (Å²) in [6, 6.07) is 4.97. The second-order valence-electron chi connectivity index (χ2n) is 5.08. The highest BCUT2D eigenvalue weighted by Gasteiger charge is 2.23. The van der Waals surface area contributed by atoms with E-state index >= 15 is 0 Å². The van der Waals surface area contributed by atoms with Gasteiger partial charge in [-0.25, -0.2) is 0 Å². The molecule has 20 heavy (non-hydrogen) atoms. The molecule has 1 aliphatic rings. The fraction of sp³-hybridized carbons (Fsp3) is 0.429. The predicted molar refractivity (Wildman–Crippen MR) is 77.2 cm³/mol. The van der Waals surface area contributed by atoms with Gasteiger partial charge in [-0.3, -0.25) is 9.59 Å². The van der Waals surface area contributed by atoms with Crippen molar-refractivity contribution < 1.29 is 14.7 Å². The fourth-order valence-corrected chi connectivity index (χ4v) is 2.91. The Morgan fingerprint density at radius 1 is 1.45 bits per heavy atom. The highest BCUT2D eigenvalue weighted by atomic mass is 35.5. The maximum absolute atomic E-state index is 11.1. The number of carboxylic acid groups (broad SMARTS) is 1. The largest absolute Gasteiger partial charge is 0.481 e. The van der Waals surface area contributed by atoms with Crippen molar-refractivity contribution in [1.29, 1.82) is 0 Å². The van der Waals surface area contributed by atoms with E-state index in [2.05, 4.69) is 4.90 Å². The molecule has 1 aliphatic heterocycles. The third-order valence-electron chi connectivity index (χ3n) is 3.56. The quantitative estimate of drug-likeness (QED) is 0.891. The molecule has 1 unspecified atom stereocenters. The number of piperidine rings is 1. The summed E-state index contributed by atoms with van der Waals surface area (Å²) in [5.41, 5.74) is 6.41. The van der Waals surface area contributed by atoms with Gasteiger partial charge in [0, 0.05) is 25.1 Å². The number of nitrogens with two attached hydrogens (primary N) is 1. The lowest BCUT2D eigenvalue weighted by atomic mass is 9.94. The van der Waals surface area contributed by atoms with Crippen LogP contribution in [0.4, 0.5) is 5.69 Å². The summed E-state index contributed by atoms with van der Waals surface area (Å²) in [5.74, 6) is -1.15. The number of primary amides is 1. The molecule has 0 bridgehead atoms. The van der Waals surface area contributed by atoms with Crippen LogP contribution in [0.3, 0.4) is 0 Å². The van der Waals surface area contributed by atoms with Crippen LogP contribution in [0, 0.1) is 5.92 Å². The van der Waals surface area contributed by atoms with Crippen LogP contribution in [0.2, 0.25) is 5.02 Å². The van der Waals surface area contributed by atoms with Gasteiger partial charge in [0.15, 0.2) is 0 Å². The summed E-state index contributed by atoms with van der Waals surface area (Å²) in [7, 11) is 0. The molecule has 1 aromatic carbocycles. The Morgan fingerprint density at radius 2 is 2.20 bits per heavy atom. The molecule has 108 valence electrons. The van der Waals surface area contributed by atoms with Crippen molar-refractivity contribution in [1.82, 2.24) is 0 Å². The molecule has 0 radical (unpaired) electrons. The summed E-state index contributed by atoms with van der Waals surface area (Å²) < 4.78 is 0. The molecule has 0 aromatic heterocycles. The predicted octanol–water partition coefficient (Wildman–Crippen LogP) is 2.13. The van der Waals surface area contributed by atoms with Crippen LogP contribution in [-0.2, 0) is 4.79 Å². The van der Waals surface area contributed by atoms with Crippen LogP contribution >= 0.6 is 11.6 Å². The first-order valence-corrected chi connectivity index (χ1v) is 6.91. The Labute approximate surface area is 122 Å². The summed E-state index contributed by atoms with van der Waals surface area (Å²) in [6.07, 6.45) is 2.03. The van der Waals surface area contributed by atoms with Gasteiger partial charge in [0.25, 0.3) is 0 Å². The number of halogens is 1. The zero-order valence-electron chi connectivity index (χ0n) is 11.0. The number of carbonyl (C=O) groups is 2. The van der Waals surface area contributed by atoms with Gasteiger partial charge < -0.3 is 15.7 Å². The van der Waals surface area contributed by atoms with Gasteiger partial charge in [-0.05, 0) is 37.0 Å². The summed E-state index contributed by atoms with van der Waals surface area (Å²) in [5, 5.41) is 9.35. The molecule has 1 atom stereocenters. The lowest BCUT2D eigenvalue weighted by Crippen LogP contribution is -2.36. The molecule has 1 saturated heterocycles. The van der Waals surface area contributed by atoms with Crippen LogP contribution in [0.25, 0.3) is 0 Å². The van der Waals surface area contributed by atoms with Crippen molar-refractivity contribution >= 4 is 29.2 Å². The number of anilines is 1. The maximum Gasteiger partial charge on any atom is 0.303 e. The highest BCUT2D eigenvalue weighted by Crippen LogP contribution is 2.31. The molecule has 3 N–H and O–H groups in total. The fourth-order valence-electron chi connectivity index (χ4n) is 2.61. The number of nitrogens with zero attached hydrogens (tertiary/aromatic N) is 1. The smallest absolute Gasteiger partial charge is 0.303 e. The lowest BCUT2D eigenvalue weighted by molar-refractivity contribution is -0.138. The number of carbonyl (C=O) groups excluding carboxylic acids is 1. The minimum Gasteiger partial charge on any atom is -0.481 e. The molecule has 2 rings (SSSR count). The van der Waals surface area contributed by atoms with E-state index in [1.54, 1.807) is 18.2 Å². The molecule has 1 fully saturated rings. The van der Waals surface area contributed by atoms with Crippen LogP contribution < -0.4 is 10.6 Å². The average Bonchev–Trinajstić information content (AvgIpc) is 2.38. The number of amides is 1. The molecule has 5 nitrogen and oxygen atoms in total. The normalized spacial score (nSPS) is 18.9. The van der Waals surface area contributed by atoms with Gasteiger partial charge in [0.05, 0.1) is 10.7 Å². The number of hydrogen-bond donors (Lipinski definition) is 2. The van der Waals surface area contributed by atoms with Gasteiger partial charge in [-0.2, -0.15) is 0 Å². The Morgan fingerprint density at radius 3 is 2.80 bits per heavy atom. The van der Waals surface area contributed by atoms with E-state index in [4.69, 9.17) is 22.4 Å². The van der Waals surface area contributed by atoms with Crippen molar-refractivity contribution in [3.8, 4) is 0 Å². The lowest BCUT2D eigenvalue weighted by Gasteiger charge is -2.34. The van der Waals surface area contributed by atoms with E-state index in [0.29, 0.717) is 17.1 Å². The maximum atomic E-state index is 11.1. The first-order valence-electron chi connectivity index (χ1n) is 6.53. The molecule has 1 aromatic rings. The Kier molecular flexibility index (Phi) is 4.49. The van der Waals surface area contributed by atoms with Gasteiger partial charge in [0.1, 0.15) is 0 Å². The van der Waals surface area contributed by atoms with Crippen molar-refractivity contribution in [3.05, 3.63) is 28.8 Å². The first-order chi connectivity index (χ1) is 9.47. The van der Waals surface area contributed by atoms with E-state index in [-0.39, 0.29) is 12.3 Å². The second kappa shape index (κ2) is 6.13. The molecule has 1 amide bonds. The van der Waals surface area contributed by atoms with Crippen LogP contribution in [-0.4, -0.2) is 30.1 Å². The van der Waals surface area contributed by atoms with Crippen molar-refractivity contribution in [2.45, 2.75) is 19.3 Å². The molecular weight excluding hydrogens is 280 g/mol. The summed E-state index contributed by atoms with van der Waals surface area (Å²) in [6.45, 7) is 1.51. The topological polar surface area (TPSA) is 83.6 Å². The average molecular weight is 297 g/mol. The molecule has 0 saturated carbocycles. The number of benzene rings is 1. The van der Waals surface area contributed by atoms with E-state index in [1.165, 1.54) is 0 Å². The summed E-state index contributed by atoms with van der Waals surface area (Å²) >= 11 is 6.19. The van der Waals surface area contributed by atoms with Crippen molar-refractivity contribution in [3.63, 3.8) is 0 Å². The van der Waals surface area contributed by atoms with Gasteiger partial charge in [-0.1, -0.05) is 11.6 Å². The Bertz CT molecular complexity index is 533. The van der Waals surface area contributed by atoms with Gasteiger partial charge in [0.2, 0.25) is 5.91 Å². The zero-order valence-corrected chi connectivity index (χ0v) is 11.8. The standard InChI is InChI=1S/C14H17ClN2O3/c15-11-7-10(14(16)20)3-4-12(11)17-5-1-2-9(8-17)6-13(18)19/h3-4,7,9H,1-2,5-6,8H2,(H2,16,20)(H,18,19). The SMILES string of the molecule is NC(=O)c1ccc(N2CCCC(CC(=O)O)C2)c(Cl)c1. The van der Waals surface area contributed by atoms with Gasteiger partial charge >= 0.3 is 5.97 Å². The van der Waals surface area contributed by atoms with Crippen molar-refractivity contribution in [2.24, 2.45) is 11.7 Å². The van der Waals surface area contributed by atoms with E-state index in [0.717, 1.165) is 25.1 Å². The number of carboxylic acids is 1. The number of rotatable bonds is 4. The van der Waals surface area contributed by atoms with Crippen molar-refractivity contribution in [2.75, 3.05) is 18.0 Å². The monoisotopic (exact) mass is 296 g/mol. The summed E-state index contributed by atoms with van der Waals surface area (Å²) in [4.78, 5) is 24.0. The second-order valence-corrected chi connectivity index (χ2v) is 5.49. The Balaban J connectivity index is 2.14. The minimum absolute atomic E-state index is 0.133. The molecule has 0 aliphatic carbocycles. The number of aliphatic carboxylic acids is 1. The van der Waals surface area contributed by atoms with Crippen LogP contribution in [0.5, 0.6) is 0 Å². The van der Waals surface area contributed by atoms with E-state index in [1.807, 2.05) is 0 Å². The van der Waals surface area contributed by atoms with E-state index < -0.39 is 11.9 Å². The van der Waals surface area contributed by atoms with Crippen LogP contribution in [0.1, 0.15) is 29.6 Å². The molecular formula is C14H17ClN2O3. The zero-order chi connectivity index (χ0) is 14.7. The van der Waals surface area contributed by atoms with E-state index in [9.17, 15) is 9.59 Å². The highest BCUT2D eigenvalue weighted by molar-refractivity contribution is 6.33. The Hall–Kier alpha value is -1.75. The third kappa shape index (κ3) is 3.42. The van der Waals surface area contributed by atoms with Gasteiger partial charge in [-0.15, -0.1) is 0 Å². The third-order valence-corrected chi connectivity index (χ3v) is 3.86. The molecule has 1 heterocycles. The molecule has 6 heteroatoms. The van der Waals surface area contributed by atoms with Crippen LogP contribution in [0.15, 0.2) is 18.2 Å². The minimum atomic E-state index is -0.771. The first kappa shape index (κ1) is 14.7. The molecule has 0 spiro atoms.